The van der Waals surface area contributed by atoms with E-state index in [1.807, 2.05) is 0 Å². The van der Waals surface area contributed by atoms with Crippen LogP contribution in [0, 0.1) is 0 Å². The summed E-state index contributed by atoms with van der Waals surface area (Å²) < 4.78 is 10.4. The third kappa shape index (κ3) is 4.94. The number of primary amides is 1. The van der Waals surface area contributed by atoms with Crippen molar-refractivity contribution in [1.29, 1.82) is 0 Å². The first-order valence-corrected chi connectivity index (χ1v) is 12.7. The van der Waals surface area contributed by atoms with Crippen LogP contribution < -0.4 is 26.3 Å². The molecule has 7 N–H and O–H groups in total. The lowest BCUT2D eigenvalue weighted by molar-refractivity contribution is -0.150. The van der Waals surface area contributed by atoms with Crippen molar-refractivity contribution < 1.29 is 33.8 Å². The number of aromatic nitrogens is 3. The number of β-lactam (4-membered cyclic amide) rings is 1. The van der Waals surface area contributed by atoms with Gasteiger partial charge >= 0.3 is 5.97 Å². The Kier molecular flexibility index (Phi) is 7.60. The molecule has 3 amide bonds. The van der Waals surface area contributed by atoms with E-state index in [4.69, 9.17) is 20.9 Å². The number of carboxylic acid groups (broad SMARTS) is 1. The molecule has 1 saturated heterocycles. The van der Waals surface area contributed by atoms with Gasteiger partial charge in [-0.05, 0) is 23.3 Å². The van der Waals surface area contributed by atoms with Crippen LogP contribution in [0.1, 0.15) is 22.1 Å². The first kappa shape index (κ1) is 26.3. The number of nitrogens with one attached hydrogen (secondary N) is 2. The van der Waals surface area contributed by atoms with E-state index in [0.717, 1.165) is 16.7 Å². The summed E-state index contributed by atoms with van der Waals surface area (Å²) in [6.45, 7) is 0. The topological polar surface area (TPSA) is 216 Å². The van der Waals surface area contributed by atoms with Gasteiger partial charge in [-0.25, -0.2) is 4.79 Å². The Morgan fingerprint density at radius 2 is 2.03 bits per heavy atom. The number of carbonyl (C=O) groups is 4. The monoisotopic (exact) mass is 549 g/mol. The third-order valence-electron chi connectivity index (χ3n) is 5.73. The molecular formula is C21H23N7O7S2. The van der Waals surface area contributed by atoms with Gasteiger partial charge < -0.3 is 31.4 Å². The number of fused-ring (bicyclic) bond motifs is 1. The SMILES string of the molecule is COc1ccc(C(N)C(=O)NC2C(=O)N3C(C(=O)O)=C(CSc4n[nH]nc4C(N)=O)CS[C@H]23)cc1OC. The lowest BCUT2D eigenvalue weighted by atomic mass is 10.0. The maximum Gasteiger partial charge on any atom is 0.352 e. The van der Waals surface area contributed by atoms with E-state index in [1.165, 1.54) is 26.0 Å². The minimum absolute atomic E-state index is 0.0579. The van der Waals surface area contributed by atoms with Crippen molar-refractivity contribution in [2.75, 3.05) is 25.7 Å². The zero-order valence-electron chi connectivity index (χ0n) is 19.6. The molecule has 1 aromatic heterocycles. The van der Waals surface area contributed by atoms with Crippen molar-refractivity contribution in [3.8, 4) is 11.5 Å². The number of ether oxygens (including phenoxy) is 2. The molecule has 3 heterocycles. The Morgan fingerprint density at radius 1 is 1.30 bits per heavy atom. The zero-order valence-corrected chi connectivity index (χ0v) is 21.2. The number of methoxy groups -OCH3 is 2. The molecule has 37 heavy (non-hydrogen) atoms. The molecule has 2 aliphatic heterocycles. The number of benzene rings is 1. The van der Waals surface area contributed by atoms with E-state index >= 15 is 0 Å². The highest BCUT2D eigenvalue weighted by Crippen LogP contribution is 2.42. The quantitative estimate of drug-likeness (QED) is 0.186. The molecular weight excluding hydrogens is 526 g/mol. The predicted octanol–water partition coefficient (Wildman–Crippen LogP) is -0.548. The molecule has 1 fully saturated rings. The fraction of sp³-hybridized carbons (Fsp3) is 0.333. The second-order valence-corrected chi connectivity index (χ2v) is 9.94. The van der Waals surface area contributed by atoms with Gasteiger partial charge in [0.15, 0.2) is 22.2 Å². The summed E-state index contributed by atoms with van der Waals surface area (Å²) in [4.78, 5) is 50.4. The van der Waals surface area contributed by atoms with Gasteiger partial charge in [-0.1, -0.05) is 17.8 Å². The summed E-state index contributed by atoms with van der Waals surface area (Å²) in [7, 11) is 2.94. The number of nitrogens with two attached hydrogens (primary N) is 2. The average molecular weight is 550 g/mol. The first-order chi connectivity index (χ1) is 17.7. The minimum atomic E-state index is -1.28. The number of aromatic amines is 1. The summed E-state index contributed by atoms with van der Waals surface area (Å²) in [5.41, 5.74) is 12.1. The number of hydrogen-bond donors (Lipinski definition) is 5. The average Bonchev–Trinajstić information content (AvgIpc) is 3.37. The standard InChI is InChI=1S/C21H23N7O7S2/c1-34-10-4-3-8(5-11(10)35-2)12(22)17(30)24-14-19(31)28-15(21(32)33)9(7-37-20(14)28)6-36-18-13(16(23)29)25-27-26-18/h3-5,12,14,20H,6-7,22H2,1-2H3,(H2,23,29)(H,24,30)(H,32,33)(H,25,26,27)/t12?,14?,20-/m1/s1. The molecule has 1 aromatic carbocycles. The van der Waals surface area contributed by atoms with Crippen molar-refractivity contribution in [2.45, 2.75) is 22.5 Å². The van der Waals surface area contributed by atoms with Crippen LogP contribution in [-0.2, 0) is 14.4 Å². The molecule has 16 heteroatoms. The van der Waals surface area contributed by atoms with Gasteiger partial charge in [0.05, 0.1) is 14.2 Å². The fourth-order valence-electron chi connectivity index (χ4n) is 3.87. The van der Waals surface area contributed by atoms with E-state index in [9.17, 15) is 24.3 Å². The molecule has 4 rings (SSSR count). The summed E-state index contributed by atoms with van der Waals surface area (Å²) in [6.07, 6.45) is 0. The van der Waals surface area contributed by atoms with Gasteiger partial charge in [0, 0.05) is 11.5 Å². The number of nitrogens with zero attached hydrogens (tertiary/aromatic N) is 3. The number of carboxylic acids is 1. The molecule has 0 bridgehead atoms. The van der Waals surface area contributed by atoms with Crippen LogP contribution in [0.2, 0.25) is 0 Å². The minimum Gasteiger partial charge on any atom is -0.493 e. The highest BCUT2D eigenvalue weighted by molar-refractivity contribution is 8.01. The Bertz CT molecular complexity index is 1300. The number of aliphatic carboxylic acids is 1. The number of H-pyrrole nitrogens is 1. The molecule has 0 spiro atoms. The number of thioether (sulfide) groups is 2. The number of amides is 3. The lowest BCUT2D eigenvalue weighted by Gasteiger charge is -2.49. The van der Waals surface area contributed by atoms with E-state index in [0.29, 0.717) is 22.6 Å². The maximum atomic E-state index is 12.9. The molecule has 196 valence electrons. The van der Waals surface area contributed by atoms with Gasteiger partial charge in [0.25, 0.3) is 11.8 Å². The van der Waals surface area contributed by atoms with Gasteiger partial charge in [0.2, 0.25) is 5.91 Å². The summed E-state index contributed by atoms with van der Waals surface area (Å²) in [5.74, 6) is -1.94. The molecule has 14 nitrogen and oxygen atoms in total. The molecule has 3 atom stereocenters. The van der Waals surface area contributed by atoms with E-state index in [-0.39, 0.29) is 27.9 Å². The van der Waals surface area contributed by atoms with Crippen molar-refractivity contribution in [2.24, 2.45) is 11.5 Å². The highest BCUT2D eigenvalue weighted by atomic mass is 32.2. The van der Waals surface area contributed by atoms with E-state index < -0.39 is 41.1 Å². The summed E-state index contributed by atoms with van der Waals surface area (Å²) in [6, 6.07) is 2.76. The Labute approximate surface area is 218 Å². The second kappa shape index (κ2) is 10.7. The van der Waals surface area contributed by atoms with Crippen molar-refractivity contribution >= 4 is 47.2 Å². The second-order valence-electron chi connectivity index (χ2n) is 7.88. The summed E-state index contributed by atoms with van der Waals surface area (Å²) in [5, 5.41) is 21.9. The van der Waals surface area contributed by atoms with Crippen LogP contribution in [-0.4, -0.2) is 86.2 Å². The number of carbonyl (C=O) groups excluding carboxylic acids is 3. The van der Waals surface area contributed by atoms with Gasteiger partial charge in [-0.3, -0.25) is 19.3 Å². The molecule has 2 unspecified atom stereocenters. The van der Waals surface area contributed by atoms with E-state index in [2.05, 4.69) is 20.7 Å². The fourth-order valence-corrected chi connectivity index (χ4v) is 6.29. The zero-order chi connectivity index (χ0) is 26.9. The largest absolute Gasteiger partial charge is 0.493 e. The molecule has 0 radical (unpaired) electrons. The molecule has 2 aliphatic rings. The molecule has 0 saturated carbocycles. The lowest BCUT2D eigenvalue weighted by Crippen LogP contribution is -2.71. The highest BCUT2D eigenvalue weighted by Gasteiger charge is 2.54. The van der Waals surface area contributed by atoms with Gasteiger partial charge in [-0.15, -0.1) is 22.0 Å². The number of hydrogen-bond acceptors (Lipinski definition) is 11. The molecule has 2 aromatic rings. The Balaban J connectivity index is 1.46. The van der Waals surface area contributed by atoms with Crippen LogP contribution in [0.4, 0.5) is 0 Å². The Morgan fingerprint density at radius 3 is 2.68 bits per heavy atom. The Hall–Kier alpha value is -3.76. The van der Waals surface area contributed by atoms with Crippen LogP contribution in [0.3, 0.4) is 0 Å². The smallest absolute Gasteiger partial charge is 0.352 e. The third-order valence-corrected chi connectivity index (χ3v) is 8.12. The van der Waals surface area contributed by atoms with Gasteiger partial charge in [-0.2, -0.15) is 5.21 Å². The first-order valence-electron chi connectivity index (χ1n) is 10.7. The maximum absolute atomic E-state index is 12.9. The van der Waals surface area contributed by atoms with Crippen LogP contribution in [0.25, 0.3) is 0 Å². The van der Waals surface area contributed by atoms with Crippen LogP contribution in [0.15, 0.2) is 34.5 Å². The van der Waals surface area contributed by atoms with Crippen molar-refractivity contribution in [3.05, 3.63) is 40.7 Å². The molecule has 0 aliphatic carbocycles. The van der Waals surface area contributed by atoms with Crippen LogP contribution >= 0.6 is 23.5 Å². The van der Waals surface area contributed by atoms with Gasteiger partial charge in [0.1, 0.15) is 23.2 Å². The summed E-state index contributed by atoms with van der Waals surface area (Å²) >= 11 is 2.38. The predicted molar refractivity (Wildman–Crippen MR) is 132 cm³/mol. The number of rotatable bonds is 10. The van der Waals surface area contributed by atoms with Crippen molar-refractivity contribution in [3.63, 3.8) is 0 Å². The van der Waals surface area contributed by atoms with Crippen LogP contribution in [0.5, 0.6) is 11.5 Å². The normalized spacial score (nSPS) is 19.5. The van der Waals surface area contributed by atoms with E-state index in [1.54, 1.807) is 18.2 Å². The van der Waals surface area contributed by atoms with Crippen molar-refractivity contribution in [1.82, 2.24) is 25.6 Å².